The van der Waals surface area contributed by atoms with Crippen molar-refractivity contribution in [2.75, 3.05) is 25.4 Å². The van der Waals surface area contributed by atoms with Gasteiger partial charge < -0.3 is 20.5 Å². The van der Waals surface area contributed by atoms with Crippen molar-refractivity contribution >= 4 is 62.5 Å². The number of thioether (sulfide) groups is 1. The molecule has 1 fully saturated rings. The summed E-state index contributed by atoms with van der Waals surface area (Å²) in [5, 5.41) is 11.9. The van der Waals surface area contributed by atoms with Crippen molar-refractivity contribution in [2.45, 2.75) is 11.7 Å². The van der Waals surface area contributed by atoms with Gasteiger partial charge in [0.2, 0.25) is 22.8 Å². The fraction of sp³-hybridized carbons (Fsp3) is 0.316. The molecule has 1 saturated heterocycles. The van der Waals surface area contributed by atoms with Crippen molar-refractivity contribution in [1.29, 1.82) is 0 Å². The average molecular weight is 567 g/mol. The predicted molar refractivity (Wildman–Crippen MR) is 118 cm³/mol. The molecule has 1 aliphatic rings. The summed E-state index contributed by atoms with van der Waals surface area (Å²) >= 11 is 0.484. The van der Waals surface area contributed by atoms with Gasteiger partial charge in [0.05, 0.1) is 31.2 Å². The number of carboxylic acid groups (broad SMARTS) is 1. The van der Waals surface area contributed by atoms with Crippen LogP contribution in [0.25, 0.3) is 0 Å². The molecule has 0 aliphatic carbocycles. The number of amides is 5. The van der Waals surface area contributed by atoms with Gasteiger partial charge in [-0.15, -0.1) is 0 Å². The normalized spacial score (nSPS) is 14.9. The van der Waals surface area contributed by atoms with Gasteiger partial charge in [0, 0.05) is 5.56 Å². The third-order valence-electron chi connectivity index (χ3n) is 4.47. The molecule has 1 unspecified atom stereocenters. The zero-order valence-corrected chi connectivity index (χ0v) is 22.9. The van der Waals surface area contributed by atoms with Crippen LogP contribution in [0, 0.1) is 0 Å². The third-order valence-corrected chi connectivity index (χ3v) is 6.45. The topological polar surface area (TPSA) is 227 Å². The van der Waals surface area contributed by atoms with Crippen LogP contribution >= 0.6 is 11.8 Å². The van der Waals surface area contributed by atoms with Gasteiger partial charge in [-0.2, -0.15) is 13.4 Å². The molecular weight excluding hydrogens is 547 g/mol. The number of hydrogen-bond acceptors (Lipinski definition) is 11. The summed E-state index contributed by atoms with van der Waals surface area (Å²) in [5.41, 5.74) is 0.238. The molecule has 3 N–H and O–H groups in total. The van der Waals surface area contributed by atoms with Gasteiger partial charge >= 0.3 is 29.6 Å². The molecule has 0 spiro atoms. The molecule has 0 radical (unpaired) electrons. The molecule has 37 heavy (non-hydrogen) atoms. The van der Waals surface area contributed by atoms with E-state index in [1.165, 1.54) is 12.1 Å². The molecule has 1 atom stereocenters. The van der Waals surface area contributed by atoms with Gasteiger partial charge in [-0.1, -0.05) is 42.1 Å². The summed E-state index contributed by atoms with van der Waals surface area (Å²) in [6.07, 6.45) is -0.995. The number of hydrogen-bond donors (Lipinski definition) is 3. The fourth-order valence-corrected chi connectivity index (χ4v) is 4.23. The predicted octanol–water partition coefficient (Wildman–Crippen LogP) is -6.69. The van der Waals surface area contributed by atoms with Gasteiger partial charge in [0.15, 0.2) is 5.25 Å². The minimum Gasteiger partial charge on any atom is -0.548 e. The summed E-state index contributed by atoms with van der Waals surface area (Å²) in [5.74, 6) is -8.10. The van der Waals surface area contributed by atoms with Crippen molar-refractivity contribution in [3.63, 3.8) is 0 Å². The van der Waals surface area contributed by atoms with Crippen LogP contribution in [0.5, 0.6) is 0 Å². The van der Waals surface area contributed by atoms with Crippen LogP contribution in [0.1, 0.15) is 16.8 Å². The largest absolute Gasteiger partial charge is 1.00 e. The first kappa shape index (κ1) is 32.2. The SMILES string of the molecule is O=C([O-])CNC(=O)CNC(=O)CN(C(=O)CSC(=O)c1ccccc1)N1C(=O)CC(S(=O)(=O)O)C1=O.[Na+]. The first-order chi connectivity index (χ1) is 16.8. The van der Waals surface area contributed by atoms with Crippen LogP contribution in [0.3, 0.4) is 0 Å². The number of carboxylic acids is 1. The van der Waals surface area contributed by atoms with Gasteiger partial charge in [-0.25, -0.2) is 5.01 Å². The van der Waals surface area contributed by atoms with Crippen LogP contribution in [0.4, 0.5) is 0 Å². The van der Waals surface area contributed by atoms with Gasteiger partial charge in [0.1, 0.15) is 6.54 Å². The Morgan fingerprint density at radius 1 is 1.05 bits per heavy atom. The maximum atomic E-state index is 12.8. The molecule has 0 saturated carbocycles. The molecular formula is C19H19N4NaO11S2. The number of aliphatic carboxylic acids is 1. The zero-order valence-electron chi connectivity index (χ0n) is 19.2. The van der Waals surface area contributed by atoms with E-state index in [2.05, 4.69) is 0 Å². The minimum atomic E-state index is -5.02. The van der Waals surface area contributed by atoms with Crippen molar-refractivity contribution in [1.82, 2.24) is 20.7 Å². The Bertz CT molecular complexity index is 1190. The van der Waals surface area contributed by atoms with Crippen LogP contribution in [0.2, 0.25) is 0 Å². The maximum Gasteiger partial charge on any atom is 1.00 e. The van der Waals surface area contributed by atoms with E-state index in [0.29, 0.717) is 16.8 Å². The Hall–Kier alpha value is -2.83. The Morgan fingerprint density at radius 2 is 1.65 bits per heavy atom. The number of hydrazine groups is 1. The first-order valence-corrected chi connectivity index (χ1v) is 12.4. The van der Waals surface area contributed by atoms with E-state index in [1.807, 2.05) is 10.6 Å². The molecule has 1 aliphatic heterocycles. The monoisotopic (exact) mass is 566 g/mol. The Balaban J connectivity index is 0.00000684. The standard InChI is InChI=1S/C19H20N4O11S2.Na/c24-13(21-8-17(28)29)7-20-14(25)9-22(23-15(26)6-12(18(23)30)36(32,33)34)16(27)10-35-19(31)11-4-2-1-3-5-11;/h1-5,12H,6-10H2,(H,20,25)(H,21,24)(H,28,29)(H,32,33,34);/q;+1/p-1. The van der Waals surface area contributed by atoms with Crippen LogP contribution in [-0.2, 0) is 38.9 Å². The number of benzene rings is 1. The van der Waals surface area contributed by atoms with Crippen molar-refractivity contribution in [3.05, 3.63) is 35.9 Å². The van der Waals surface area contributed by atoms with Crippen LogP contribution in [-0.4, -0.2) is 94.2 Å². The minimum absolute atomic E-state index is 0. The summed E-state index contributed by atoms with van der Waals surface area (Å²) in [7, 11) is -5.02. The van der Waals surface area contributed by atoms with Crippen molar-refractivity contribution in [3.8, 4) is 0 Å². The second-order valence-electron chi connectivity index (χ2n) is 7.07. The van der Waals surface area contributed by atoms with E-state index in [4.69, 9.17) is 0 Å². The maximum absolute atomic E-state index is 12.8. The molecule has 194 valence electrons. The van der Waals surface area contributed by atoms with Gasteiger partial charge in [-0.05, 0) is 0 Å². The first-order valence-electron chi connectivity index (χ1n) is 9.90. The molecule has 15 nitrogen and oxygen atoms in total. The number of nitrogens with one attached hydrogen (secondary N) is 2. The Morgan fingerprint density at radius 3 is 2.19 bits per heavy atom. The molecule has 18 heteroatoms. The van der Waals surface area contributed by atoms with E-state index in [0.717, 1.165) is 0 Å². The second-order valence-corrected chi connectivity index (χ2v) is 9.62. The number of imide groups is 1. The van der Waals surface area contributed by atoms with E-state index in [9.17, 15) is 51.6 Å². The quantitative estimate of drug-likeness (QED) is 0.129. The molecule has 5 amide bonds. The smallest absolute Gasteiger partial charge is 0.548 e. The second kappa shape index (κ2) is 14.2. The van der Waals surface area contributed by atoms with E-state index < -0.39 is 87.8 Å². The molecule has 1 aromatic rings. The molecule has 0 aromatic heterocycles. The number of carbonyl (C=O) groups is 7. The van der Waals surface area contributed by atoms with Crippen molar-refractivity contribution in [2.24, 2.45) is 0 Å². The summed E-state index contributed by atoms with van der Waals surface area (Å²) in [4.78, 5) is 84.2. The summed E-state index contributed by atoms with van der Waals surface area (Å²) in [6, 6.07) is 7.75. The summed E-state index contributed by atoms with van der Waals surface area (Å²) in [6.45, 7) is -2.63. The molecule has 2 rings (SSSR count). The average Bonchev–Trinajstić information content (AvgIpc) is 3.12. The van der Waals surface area contributed by atoms with E-state index in [1.54, 1.807) is 18.2 Å². The fourth-order valence-electron chi connectivity index (χ4n) is 2.81. The number of carbonyl (C=O) groups excluding carboxylic acids is 7. The van der Waals surface area contributed by atoms with E-state index >= 15 is 0 Å². The van der Waals surface area contributed by atoms with Gasteiger partial charge in [0.25, 0.3) is 21.9 Å². The zero-order chi connectivity index (χ0) is 27.0. The number of nitrogens with zero attached hydrogens (tertiary/aromatic N) is 2. The Kier molecular flexibility index (Phi) is 12.4. The Labute approximate surface area is 236 Å². The van der Waals surface area contributed by atoms with Crippen LogP contribution in [0.15, 0.2) is 30.3 Å². The summed E-state index contributed by atoms with van der Waals surface area (Å²) < 4.78 is 32.1. The molecule has 0 bridgehead atoms. The third kappa shape index (κ3) is 9.52. The van der Waals surface area contributed by atoms with Gasteiger partial charge in [-0.3, -0.25) is 33.3 Å². The molecule has 1 heterocycles. The van der Waals surface area contributed by atoms with Crippen molar-refractivity contribution < 1.29 is 81.2 Å². The van der Waals surface area contributed by atoms with Crippen LogP contribution < -0.4 is 45.3 Å². The number of rotatable bonds is 11. The van der Waals surface area contributed by atoms with E-state index in [-0.39, 0.29) is 40.1 Å². The molecule has 1 aromatic carbocycles.